The Hall–Kier alpha value is -3.59. The minimum atomic E-state index is -0.322. The highest BCUT2D eigenvalue weighted by Gasteiger charge is 2.27. The molecule has 0 saturated carbocycles. The molecule has 0 aliphatic carbocycles. The van der Waals surface area contributed by atoms with Crippen LogP contribution in [-0.4, -0.2) is 42.2 Å². The van der Waals surface area contributed by atoms with Crippen molar-refractivity contribution >= 4 is 5.91 Å². The molecule has 1 atom stereocenters. The molecule has 1 aliphatic rings. The molecule has 2 aromatic carbocycles. The van der Waals surface area contributed by atoms with Crippen molar-refractivity contribution in [2.45, 2.75) is 25.8 Å². The van der Waals surface area contributed by atoms with Crippen LogP contribution in [0.25, 0.3) is 0 Å². The Kier molecular flexibility index (Phi) is 6.03. The van der Waals surface area contributed by atoms with Crippen LogP contribution in [-0.2, 0) is 24.4 Å². The number of amides is 1. The van der Waals surface area contributed by atoms with Gasteiger partial charge in [-0.25, -0.2) is 4.68 Å². The molecule has 0 fully saturated rings. The fraction of sp³-hybridized carbons (Fsp3) is 0.318. The standard InChI is InChI=1S/C22H24N4O5/c1-28-16-9-7-14(8-10-16)19-12-26-17(13-31-19)20(24-25-26)22(27)23-11-15-5-4-6-18(29-2)21(15)30-3/h4-10,19H,11-13H2,1-3H3,(H,23,27). The normalized spacial score (nSPS) is 15.1. The Labute approximate surface area is 179 Å². The van der Waals surface area contributed by atoms with Crippen molar-refractivity contribution in [3.8, 4) is 17.2 Å². The van der Waals surface area contributed by atoms with Crippen LogP contribution in [0.3, 0.4) is 0 Å². The molecule has 162 valence electrons. The molecule has 1 unspecified atom stereocenters. The number of carbonyl (C=O) groups is 1. The van der Waals surface area contributed by atoms with Gasteiger partial charge < -0.3 is 24.3 Å². The Morgan fingerprint density at radius 2 is 1.94 bits per heavy atom. The van der Waals surface area contributed by atoms with Crippen molar-refractivity contribution in [1.82, 2.24) is 20.3 Å². The van der Waals surface area contributed by atoms with Gasteiger partial charge in [0.2, 0.25) is 0 Å². The summed E-state index contributed by atoms with van der Waals surface area (Å²) >= 11 is 0. The molecule has 31 heavy (non-hydrogen) atoms. The van der Waals surface area contributed by atoms with E-state index in [9.17, 15) is 4.79 Å². The van der Waals surface area contributed by atoms with Gasteiger partial charge in [0.15, 0.2) is 17.2 Å². The van der Waals surface area contributed by atoms with Gasteiger partial charge in [0.25, 0.3) is 5.91 Å². The van der Waals surface area contributed by atoms with E-state index >= 15 is 0 Å². The number of carbonyl (C=O) groups excluding carboxylic acids is 1. The van der Waals surface area contributed by atoms with E-state index in [4.69, 9.17) is 18.9 Å². The topological polar surface area (TPSA) is 96.7 Å². The second kappa shape index (κ2) is 9.05. The number of hydrogen-bond donors (Lipinski definition) is 1. The summed E-state index contributed by atoms with van der Waals surface area (Å²) in [5.41, 5.74) is 2.72. The number of hydrogen-bond acceptors (Lipinski definition) is 7. The molecule has 1 N–H and O–H groups in total. The Bertz CT molecular complexity index is 1060. The second-order valence-electron chi connectivity index (χ2n) is 6.97. The van der Waals surface area contributed by atoms with Crippen LogP contribution < -0.4 is 19.5 Å². The van der Waals surface area contributed by atoms with Crippen molar-refractivity contribution in [3.63, 3.8) is 0 Å². The van der Waals surface area contributed by atoms with E-state index in [2.05, 4.69) is 15.6 Å². The number of rotatable bonds is 7. The van der Waals surface area contributed by atoms with Crippen molar-refractivity contribution in [2.75, 3.05) is 21.3 Å². The molecular weight excluding hydrogens is 400 g/mol. The maximum atomic E-state index is 12.8. The molecule has 0 bridgehead atoms. The van der Waals surface area contributed by atoms with Crippen LogP contribution in [0, 0.1) is 0 Å². The fourth-order valence-corrected chi connectivity index (χ4v) is 3.56. The number of methoxy groups -OCH3 is 3. The van der Waals surface area contributed by atoms with Gasteiger partial charge in [-0.05, 0) is 23.8 Å². The predicted molar refractivity (Wildman–Crippen MR) is 111 cm³/mol. The molecule has 9 heteroatoms. The zero-order valence-electron chi connectivity index (χ0n) is 17.6. The average molecular weight is 424 g/mol. The smallest absolute Gasteiger partial charge is 0.274 e. The summed E-state index contributed by atoms with van der Waals surface area (Å²) in [7, 11) is 4.77. The average Bonchev–Trinajstić information content (AvgIpc) is 3.25. The lowest BCUT2D eigenvalue weighted by molar-refractivity contribution is -0.00179. The molecule has 1 aromatic heterocycles. The Balaban J connectivity index is 1.44. The van der Waals surface area contributed by atoms with Gasteiger partial charge in [-0.1, -0.05) is 29.5 Å². The SMILES string of the molecule is COc1ccc(C2Cn3nnc(C(=O)NCc4cccc(OC)c4OC)c3CO2)cc1. The first-order valence-electron chi connectivity index (χ1n) is 9.80. The lowest BCUT2D eigenvalue weighted by Crippen LogP contribution is -2.27. The van der Waals surface area contributed by atoms with E-state index < -0.39 is 0 Å². The van der Waals surface area contributed by atoms with E-state index in [0.717, 1.165) is 16.9 Å². The minimum absolute atomic E-state index is 0.169. The molecule has 2 heterocycles. The van der Waals surface area contributed by atoms with Gasteiger partial charge in [-0.3, -0.25) is 4.79 Å². The first-order chi connectivity index (χ1) is 15.1. The first-order valence-corrected chi connectivity index (χ1v) is 9.80. The molecule has 0 spiro atoms. The van der Waals surface area contributed by atoms with Crippen molar-refractivity contribution < 1.29 is 23.7 Å². The van der Waals surface area contributed by atoms with Crippen LogP contribution in [0.5, 0.6) is 17.2 Å². The molecule has 9 nitrogen and oxygen atoms in total. The zero-order chi connectivity index (χ0) is 21.8. The monoisotopic (exact) mass is 424 g/mol. The molecule has 1 amide bonds. The van der Waals surface area contributed by atoms with Crippen LogP contribution in [0.1, 0.15) is 33.4 Å². The number of benzene rings is 2. The quantitative estimate of drug-likeness (QED) is 0.622. The maximum absolute atomic E-state index is 12.8. The van der Waals surface area contributed by atoms with Crippen LogP contribution in [0.4, 0.5) is 0 Å². The molecule has 4 rings (SSSR count). The third-order valence-corrected chi connectivity index (χ3v) is 5.22. The number of para-hydroxylation sites is 1. The third kappa shape index (κ3) is 4.17. The van der Waals surface area contributed by atoms with E-state index in [0.29, 0.717) is 23.7 Å². The van der Waals surface area contributed by atoms with Gasteiger partial charge in [-0.2, -0.15) is 0 Å². The molecule has 1 aliphatic heterocycles. The lowest BCUT2D eigenvalue weighted by atomic mass is 10.1. The van der Waals surface area contributed by atoms with Gasteiger partial charge in [0.1, 0.15) is 11.9 Å². The van der Waals surface area contributed by atoms with Gasteiger partial charge in [0.05, 0.1) is 40.2 Å². The fourth-order valence-electron chi connectivity index (χ4n) is 3.56. The van der Waals surface area contributed by atoms with Gasteiger partial charge in [0, 0.05) is 12.1 Å². The molecular formula is C22H24N4O5. The van der Waals surface area contributed by atoms with Gasteiger partial charge >= 0.3 is 0 Å². The third-order valence-electron chi connectivity index (χ3n) is 5.22. The van der Waals surface area contributed by atoms with Gasteiger partial charge in [-0.15, -0.1) is 5.10 Å². The van der Waals surface area contributed by atoms with Crippen molar-refractivity contribution in [2.24, 2.45) is 0 Å². The Morgan fingerprint density at radius 3 is 2.65 bits per heavy atom. The minimum Gasteiger partial charge on any atom is -0.497 e. The zero-order valence-corrected chi connectivity index (χ0v) is 17.6. The first kappa shape index (κ1) is 20.7. The Morgan fingerprint density at radius 1 is 1.13 bits per heavy atom. The predicted octanol–water partition coefficient (Wildman–Crippen LogP) is 2.51. The summed E-state index contributed by atoms with van der Waals surface area (Å²) in [5.74, 6) is 1.65. The molecule has 3 aromatic rings. The van der Waals surface area contributed by atoms with Crippen molar-refractivity contribution in [3.05, 3.63) is 65.0 Å². The lowest BCUT2D eigenvalue weighted by Gasteiger charge is -2.24. The van der Waals surface area contributed by atoms with Crippen LogP contribution >= 0.6 is 0 Å². The molecule has 0 saturated heterocycles. The van der Waals surface area contributed by atoms with Crippen LogP contribution in [0.15, 0.2) is 42.5 Å². The summed E-state index contributed by atoms with van der Waals surface area (Å²) in [6.45, 7) is 0.988. The second-order valence-corrected chi connectivity index (χ2v) is 6.97. The number of ether oxygens (including phenoxy) is 4. The van der Waals surface area contributed by atoms with E-state index in [1.165, 1.54) is 0 Å². The van der Waals surface area contributed by atoms with E-state index in [-0.39, 0.29) is 30.9 Å². The number of fused-ring (bicyclic) bond motifs is 1. The highest BCUT2D eigenvalue weighted by Crippen LogP contribution is 2.31. The highest BCUT2D eigenvalue weighted by atomic mass is 16.5. The van der Waals surface area contributed by atoms with E-state index in [1.54, 1.807) is 32.1 Å². The van der Waals surface area contributed by atoms with E-state index in [1.807, 2.05) is 36.4 Å². The summed E-state index contributed by atoms with van der Waals surface area (Å²) < 4.78 is 23.6. The van der Waals surface area contributed by atoms with Crippen molar-refractivity contribution in [1.29, 1.82) is 0 Å². The number of nitrogens with one attached hydrogen (secondary N) is 1. The largest absolute Gasteiger partial charge is 0.497 e. The summed E-state index contributed by atoms with van der Waals surface area (Å²) in [6, 6.07) is 13.2. The molecule has 0 radical (unpaired) electrons. The number of aromatic nitrogens is 3. The summed E-state index contributed by atoms with van der Waals surface area (Å²) in [4.78, 5) is 12.8. The maximum Gasteiger partial charge on any atom is 0.274 e. The van der Waals surface area contributed by atoms with Crippen LogP contribution in [0.2, 0.25) is 0 Å². The summed E-state index contributed by atoms with van der Waals surface area (Å²) in [6.07, 6.45) is -0.169. The highest BCUT2D eigenvalue weighted by molar-refractivity contribution is 5.93. The summed E-state index contributed by atoms with van der Waals surface area (Å²) in [5, 5.41) is 11.1. The number of nitrogens with zero attached hydrogens (tertiary/aromatic N) is 3.